The summed E-state index contributed by atoms with van der Waals surface area (Å²) in [7, 11) is 1.74. The van der Waals surface area contributed by atoms with E-state index in [2.05, 4.69) is 42.0 Å². The number of carbonyl (C=O) groups excluding carboxylic acids is 3. The highest BCUT2D eigenvalue weighted by molar-refractivity contribution is 9.11. The molecule has 2 aromatic heterocycles. The third-order valence-corrected chi connectivity index (χ3v) is 5.99. The van der Waals surface area contributed by atoms with Gasteiger partial charge in [0.05, 0.1) is 11.9 Å². The standard InChI is InChI=1S/C13H16BrN5O3S.C11H21NO3/c1-13(2,3)22-12(21)18-10-8(17-11(14)23-10)9(20)16-7-5-15-19(4)6-7;1-11(2,3)15-10(13)12-9-5-4-7-14-8-6-9/h5-6H,1-4H3,(H,16,20)(H,18,21);9H,4-8H2,1-3H3,(H,12,13). The molecule has 0 bridgehead atoms. The first kappa shape index (κ1) is 31.5. The smallest absolute Gasteiger partial charge is 0.412 e. The maximum atomic E-state index is 12.3. The number of anilines is 2. The molecule has 12 nitrogen and oxygen atoms in total. The van der Waals surface area contributed by atoms with E-state index in [-0.39, 0.29) is 17.8 Å². The number of ether oxygens (including phenoxy) is 3. The fourth-order valence-electron chi connectivity index (χ4n) is 3.13. The molecule has 1 unspecified atom stereocenters. The van der Waals surface area contributed by atoms with Crippen LogP contribution in [0.4, 0.5) is 20.3 Å². The zero-order chi connectivity index (χ0) is 28.5. The van der Waals surface area contributed by atoms with Gasteiger partial charge in [-0.2, -0.15) is 5.10 Å². The van der Waals surface area contributed by atoms with Gasteiger partial charge >= 0.3 is 12.2 Å². The molecule has 3 rings (SSSR count). The maximum Gasteiger partial charge on any atom is 0.412 e. The van der Waals surface area contributed by atoms with Crippen molar-refractivity contribution < 1.29 is 28.6 Å². The second-order valence-corrected chi connectivity index (χ2v) is 12.8. The van der Waals surface area contributed by atoms with Crippen LogP contribution >= 0.6 is 27.3 Å². The first-order valence-corrected chi connectivity index (χ1v) is 13.8. The quantitative estimate of drug-likeness (QED) is 0.418. The molecule has 14 heteroatoms. The van der Waals surface area contributed by atoms with Crippen molar-refractivity contribution in [1.29, 1.82) is 0 Å². The number of alkyl carbamates (subject to hydrolysis) is 1. The summed E-state index contributed by atoms with van der Waals surface area (Å²) in [4.78, 5) is 39.7. The van der Waals surface area contributed by atoms with Gasteiger partial charge in [-0.15, -0.1) is 0 Å². The Morgan fingerprint density at radius 3 is 2.32 bits per heavy atom. The van der Waals surface area contributed by atoms with Gasteiger partial charge in [0, 0.05) is 32.5 Å². The molecule has 0 aromatic carbocycles. The normalized spacial score (nSPS) is 15.8. The molecule has 1 aliphatic rings. The van der Waals surface area contributed by atoms with Crippen molar-refractivity contribution in [1.82, 2.24) is 20.1 Å². The Balaban J connectivity index is 0.000000293. The van der Waals surface area contributed by atoms with E-state index in [1.807, 2.05) is 20.8 Å². The summed E-state index contributed by atoms with van der Waals surface area (Å²) in [5.41, 5.74) is -0.434. The lowest BCUT2D eigenvalue weighted by atomic mass is 10.1. The average Bonchev–Trinajstić information content (AvgIpc) is 3.21. The predicted octanol–water partition coefficient (Wildman–Crippen LogP) is 5.32. The largest absolute Gasteiger partial charge is 0.444 e. The molecular formula is C24H37BrN6O6S. The molecule has 1 atom stereocenters. The van der Waals surface area contributed by atoms with Crippen LogP contribution < -0.4 is 16.0 Å². The third-order valence-electron chi connectivity index (χ3n) is 4.57. The van der Waals surface area contributed by atoms with Crippen molar-refractivity contribution in [2.75, 3.05) is 23.8 Å². The number of halogens is 1. The Morgan fingerprint density at radius 2 is 1.71 bits per heavy atom. The van der Waals surface area contributed by atoms with Crippen LogP contribution in [0.1, 0.15) is 71.3 Å². The summed E-state index contributed by atoms with van der Waals surface area (Å²) in [5, 5.41) is 12.3. The minimum absolute atomic E-state index is 0.0941. The average molecular weight is 618 g/mol. The van der Waals surface area contributed by atoms with E-state index in [0.717, 1.165) is 43.8 Å². The minimum Gasteiger partial charge on any atom is -0.444 e. The molecule has 0 saturated carbocycles. The summed E-state index contributed by atoms with van der Waals surface area (Å²) in [6.07, 6.45) is 5.04. The van der Waals surface area contributed by atoms with E-state index >= 15 is 0 Å². The highest BCUT2D eigenvalue weighted by atomic mass is 79.9. The number of thiazole rings is 1. The molecule has 2 aromatic rings. The van der Waals surface area contributed by atoms with Gasteiger partial charge in [-0.1, -0.05) is 11.3 Å². The molecule has 3 N–H and O–H groups in total. The van der Waals surface area contributed by atoms with E-state index in [1.54, 1.807) is 38.7 Å². The van der Waals surface area contributed by atoms with E-state index < -0.39 is 23.2 Å². The number of rotatable bonds is 4. The first-order valence-electron chi connectivity index (χ1n) is 12.1. The fraction of sp³-hybridized carbons (Fsp3) is 0.625. The first-order chi connectivity index (χ1) is 17.6. The Morgan fingerprint density at radius 1 is 1.05 bits per heavy atom. The molecule has 1 saturated heterocycles. The van der Waals surface area contributed by atoms with Crippen molar-refractivity contribution in [3.05, 3.63) is 22.0 Å². The summed E-state index contributed by atoms with van der Waals surface area (Å²) >= 11 is 4.34. The Kier molecular flexibility index (Phi) is 11.5. The van der Waals surface area contributed by atoms with Crippen LogP contribution in [0.25, 0.3) is 0 Å². The molecule has 0 radical (unpaired) electrons. The van der Waals surface area contributed by atoms with Gasteiger partial charge in [0.1, 0.15) is 16.2 Å². The number of aromatic nitrogens is 3. The van der Waals surface area contributed by atoms with Gasteiger partial charge in [0.25, 0.3) is 5.91 Å². The number of hydrogen-bond donors (Lipinski definition) is 3. The van der Waals surface area contributed by atoms with Gasteiger partial charge in [-0.25, -0.2) is 14.6 Å². The van der Waals surface area contributed by atoms with Crippen LogP contribution in [0.15, 0.2) is 16.3 Å². The van der Waals surface area contributed by atoms with Crippen LogP contribution in [-0.2, 0) is 21.3 Å². The van der Waals surface area contributed by atoms with Gasteiger partial charge in [-0.05, 0) is 76.7 Å². The lowest BCUT2D eigenvalue weighted by molar-refractivity contribution is 0.0496. The number of nitrogens with zero attached hydrogens (tertiary/aromatic N) is 3. The molecule has 3 amide bonds. The number of hydrogen-bond acceptors (Lipinski definition) is 9. The molecule has 1 fully saturated rings. The zero-order valence-corrected chi connectivity index (χ0v) is 25.2. The van der Waals surface area contributed by atoms with Crippen LogP contribution in [0, 0.1) is 0 Å². The van der Waals surface area contributed by atoms with Gasteiger partial charge in [0.15, 0.2) is 9.61 Å². The SMILES string of the molecule is CC(C)(C)OC(=O)NC1CCCOCC1.Cn1cc(NC(=O)c2nc(Br)sc2NC(=O)OC(C)(C)C)cn1. The lowest BCUT2D eigenvalue weighted by Gasteiger charge is -2.22. The topological polar surface area (TPSA) is 146 Å². The Labute approximate surface area is 235 Å². The number of carbonyl (C=O) groups is 3. The van der Waals surface area contributed by atoms with Crippen molar-refractivity contribution in [3.8, 4) is 0 Å². The minimum atomic E-state index is -0.649. The van der Waals surface area contributed by atoms with Crippen LogP contribution in [0.5, 0.6) is 0 Å². The summed E-state index contributed by atoms with van der Waals surface area (Å²) < 4.78 is 17.7. The molecule has 38 heavy (non-hydrogen) atoms. The number of aryl methyl sites for hydroxylation is 1. The van der Waals surface area contributed by atoms with Gasteiger partial charge < -0.3 is 24.8 Å². The molecule has 0 aliphatic carbocycles. The van der Waals surface area contributed by atoms with Gasteiger partial charge in [0.2, 0.25) is 0 Å². The van der Waals surface area contributed by atoms with E-state index in [4.69, 9.17) is 14.2 Å². The predicted molar refractivity (Wildman–Crippen MR) is 149 cm³/mol. The molecule has 0 spiro atoms. The van der Waals surface area contributed by atoms with E-state index in [9.17, 15) is 14.4 Å². The number of nitrogens with one attached hydrogen (secondary N) is 3. The van der Waals surface area contributed by atoms with Gasteiger partial charge in [-0.3, -0.25) is 14.8 Å². The Bertz CT molecular complexity index is 1080. The van der Waals surface area contributed by atoms with Crippen LogP contribution in [-0.4, -0.2) is 63.3 Å². The highest BCUT2D eigenvalue weighted by Gasteiger charge is 2.23. The molecule has 3 heterocycles. The monoisotopic (exact) mass is 616 g/mol. The summed E-state index contributed by atoms with van der Waals surface area (Å²) in [6, 6.07) is 0.197. The summed E-state index contributed by atoms with van der Waals surface area (Å²) in [6.45, 7) is 12.4. The second kappa shape index (κ2) is 13.9. The molecule has 1 aliphatic heterocycles. The van der Waals surface area contributed by atoms with E-state index in [0.29, 0.717) is 14.6 Å². The lowest BCUT2D eigenvalue weighted by Crippen LogP contribution is -2.39. The van der Waals surface area contributed by atoms with Crippen molar-refractivity contribution in [2.45, 2.75) is 78.0 Å². The Hall–Kier alpha value is -2.71. The van der Waals surface area contributed by atoms with Crippen molar-refractivity contribution >= 4 is 56.0 Å². The molecule has 212 valence electrons. The summed E-state index contributed by atoms with van der Waals surface area (Å²) in [5.74, 6) is -0.453. The van der Waals surface area contributed by atoms with Crippen molar-refractivity contribution in [3.63, 3.8) is 0 Å². The van der Waals surface area contributed by atoms with E-state index in [1.165, 1.54) is 6.20 Å². The zero-order valence-electron chi connectivity index (χ0n) is 22.8. The van der Waals surface area contributed by atoms with Crippen LogP contribution in [0.2, 0.25) is 0 Å². The van der Waals surface area contributed by atoms with Crippen LogP contribution in [0.3, 0.4) is 0 Å². The second-order valence-electron chi connectivity index (χ2n) is 10.5. The third kappa shape index (κ3) is 12.2. The highest BCUT2D eigenvalue weighted by Crippen LogP contribution is 2.29. The van der Waals surface area contributed by atoms with Crippen molar-refractivity contribution in [2.24, 2.45) is 7.05 Å². The number of amides is 3. The molecular weight excluding hydrogens is 580 g/mol. The maximum absolute atomic E-state index is 12.3. The fourth-order valence-corrected chi connectivity index (χ4v) is 4.47.